The number of hydrogen-bond donors (Lipinski definition) is 1. The first-order valence-corrected chi connectivity index (χ1v) is 5.81. The second kappa shape index (κ2) is 6.81. The molecule has 0 amide bonds. The van der Waals surface area contributed by atoms with Crippen LogP contribution in [0.5, 0.6) is 5.75 Å². The van der Waals surface area contributed by atoms with Gasteiger partial charge >= 0.3 is 5.97 Å². The number of carbonyl (C=O) groups excluding carboxylic acids is 1. The van der Waals surface area contributed by atoms with Crippen molar-refractivity contribution in [2.75, 3.05) is 6.61 Å². The minimum absolute atomic E-state index is 0.144. The molecule has 1 rings (SSSR count). The van der Waals surface area contributed by atoms with Gasteiger partial charge in [-0.3, -0.25) is 0 Å². The number of allylic oxidation sites excluding steroid dienone is 1. The molecule has 0 bridgehead atoms. The first-order valence-electron chi connectivity index (χ1n) is 5.81. The molecule has 0 radical (unpaired) electrons. The Labute approximate surface area is 107 Å². The molecule has 1 aromatic carbocycles. The fourth-order valence-electron chi connectivity index (χ4n) is 1.39. The van der Waals surface area contributed by atoms with Crippen molar-refractivity contribution in [1.29, 1.82) is 0 Å². The Bertz CT molecular complexity index is 445. The van der Waals surface area contributed by atoms with Crippen molar-refractivity contribution in [1.82, 2.24) is 0 Å². The van der Waals surface area contributed by atoms with Crippen molar-refractivity contribution in [2.24, 2.45) is 0 Å². The minimum Gasteiger partial charge on any atom is -0.460 e. The Kier molecular flexibility index (Phi) is 5.39. The lowest BCUT2D eigenvalue weighted by Crippen LogP contribution is -2.14. The van der Waals surface area contributed by atoms with E-state index in [4.69, 9.17) is 9.47 Å². The number of ether oxygens (including phenoxy) is 2. The maximum Gasteiger partial charge on any atom is 0.374 e. The second-order valence-electron chi connectivity index (χ2n) is 3.92. The molecule has 4 nitrogen and oxygen atoms in total. The second-order valence-corrected chi connectivity index (χ2v) is 3.92. The summed E-state index contributed by atoms with van der Waals surface area (Å²) in [6.07, 6.45) is 0. The molecule has 0 saturated heterocycles. The van der Waals surface area contributed by atoms with Gasteiger partial charge in [-0.05, 0) is 32.4 Å². The van der Waals surface area contributed by atoms with Crippen LogP contribution in [0.1, 0.15) is 26.3 Å². The summed E-state index contributed by atoms with van der Waals surface area (Å²) in [6, 6.07) is 7.02. The molecule has 1 N–H and O–H groups in total. The maximum absolute atomic E-state index is 11.7. The van der Waals surface area contributed by atoms with Crippen molar-refractivity contribution in [2.45, 2.75) is 27.4 Å². The van der Waals surface area contributed by atoms with Crippen LogP contribution in [0.15, 0.2) is 35.6 Å². The molecule has 0 aliphatic carbocycles. The van der Waals surface area contributed by atoms with Crippen LogP contribution in [-0.4, -0.2) is 17.7 Å². The number of esters is 1. The van der Waals surface area contributed by atoms with Gasteiger partial charge in [0, 0.05) is 5.56 Å². The Hall–Kier alpha value is -1.81. The van der Waals surface area contributed by atoms with Crippen LogP contribution in [0, 0.1) is 0 Å². The molecule has 0 aromatic heterocycles. The van der Waals surface area contributed by atoms with Crippen LogP contribution in [0.25, 0.3) is 0 Å². The highest BCUT2D eigenvalue weighted by molar-refractivity contribution is 5.87. The van der Waals surface area contributed by atoms with Gasteiger partial charge < -0.3 is 14.6 Å². The first kappa shape index (κ1) is 14.3. The smallest absolute Gasteiger partial charge is 0.374 e. The third-order valence-corrected chi connectivity index (χ3v) is 2.27. The molecule has 18 heavy (non-hydrogen) atoms. The van der Waals surface area contributed by atoms with E-state index in [0.717, 1.165) is 5.57 Å². The summed E-state index contributed by atoms with van der Waals surface area (Å²) in [5.41, 5.74) is 1.35. The van der Waals surface area contributed by atoms with Gasteiger partial charge in [0.05, 0.1) is 13.2 Å². The van der Waals surface area contributed by atoms with E-state index in [1.807, 2.05) is 0 Å². The van der Waals surface area contributed by atoms with Crippen LogP contribution < -0.4 is 4.74 Å². The number of para-hydroxylation sites is 1. The van der Waals surface area contributed by atoms with Crippen molar-refractivity contribution in [3.05, 3.63) is 41.2 Å². The normalized spacial score (nSPS) is 9.78. The van der Waals surface area contributed by atoms with E-state index >= 15 is 0 Å². The summed E-state index contributed by atoms with van der Waals surface area (Å²) < 4.78 is 10.5. The number of aliphatic hydroxyl groups excluding tert-OH is 1. The molecule has 4 heteroatoms. The Morgan fingerprint density at radius 3 is 2.50 bits per heavy atom. The number of rotatable bonds is 5. The summed E-state index contributed by atoms with van der Waals surface area (Å²) in [5.74, 6) is 0.132. The molecule has 0 aliphatic heterocycles. The fourth-order valence-corrected chi connectivity index (χ4v) is 1.39. The zero-order chi connectivity index (χ0) is 13.5. The fraction of sp³-hybridized carbons (Fsp3) is 0.357. The van der Waals surface area contributed by atoms with Gasteiger partial charge in [-0.1, -0.05) is 18.2 Å². The van der Waals surface area contributed by atoms with Gasteiger partial charge in [0.15, 0.2) is 0 Å². The molecule has 0 unspecified atom stereocenters. The topological polar surface area (TPSA) is 55.8 Å². The van der Waals surface area contributed by atoms with Gasteiger partial charge in [0.25, 0.3) is 0 Å². The molecule has 0 aliphatic rings. The summed E-state index contributed by atoms with van der Waals surface area (Å²) >= 11 is 0. The van der Waals surface area contributed by atoms with Gasteiger partial charge in [-0.2, -0.15) is 0 Å². The lowest BCUT2D eigenvalue weighted by Gasteiger charge is -2.13. The lowest BCUT2D eigenvalue weighted by atomic mass is 10.2. The molecular formula is C14H18O4. The summed E-state index contributed by atoms with van der Waals surface area (Å²) in [7, 11) is 0. The molecule has 0 atom stereocenters. The number of aliphatic hydroxyl groups is 1. The van der Waals surface area contributed by atoms with Crippen LogP contribution in [-0.2, 0) is 16.1 Å². The first-order chi connectivity index (χ1) is 8.60. The average Bonchev–Trinajstić information content (AvgIpc) is 2.36. The molecule has 0 saturated carbocycles. The van der Waals surface area contributed by atoms with Crippen LogP contribution >= 0.6 is 0 Å². The van der Waals surface area contributed by atoms with Crippen LogP contribution in [0.3, 0.4) is 0 Å². The Morgan fingerprint density at radius 2 is 1.94 bits per heavy atom. The van der Waals surface area contributed by atoms with Crippen molar-refractivity contribution < 1.29 is 19.4 Å². The number of carbonyl (C=O) groups is 1. The van der Waals surface area contributed by atoms with E-state index in [1.54, 1.807) is 45.0 Å². The van der Waals surface area contributed by atoms with Gasteiger partial charge in [-0.15, -0.1) is 0 Å². The van der Waals surface area contributed by atoms with Crippen molar-refractivity contribution >= 4 is 5.97 Å². The third kappa shape index (κ3) is 3.60. The number of hydrogen-bond acceptors (Lipinski definition) is 4. The third-order valence-electron chi connectivity index (χ3n) is 2.27. The number of benzene rings is 1. The van der Waals surface area contributed by atoms with E-state index in [1.165, 1.54) is 0 Å². The Morgan fingerprint density at radius 1 is 1.28 bits per heavy atom. The highest BCUT2D eigenvalue weighted by atomic mass is 16.6. The van der Waals surface area contributed by atoms with Crippen LogP contribution in [0.4, 0.5) is 0 Å². The minimum atomic E-state index is -0.495. The van der Waals surface area contributed by atoms with E-state index in [2.05, 4.69) is 0 Å². The van der Waals surface area contributed by atoms with Crippen molar-refractivity contribution in [3.63, 3.8) is 0 Å². The average molecular weight is 250 g/mol. The molecule has 0 fully saturated rings. The van der Waals surface area contributed by atoms with E-state index in [-0.39, 0.29) is 12.4 Å². The Balaban J connectivity index is 2.98. The highest BCUT2D eigenvalue weighted by Gasteiger charge is 2.16. The van der Waals surface area contributed by atoms with Gasteiger partial charge in [0.2, 0.25) is 5.76 Å². The maximum atomic E-state index is 11.7. The molecule has 1 aromatic rings. The standard InChI is InChI=1S/C14H18O4/c1-4-17-14(16)13(10(2)3)18-12-8-6-5-7-11(12)9-15/h5-8,15H,4,9H2,1-3H3. The largest absolute Gasteiger partial charge is 0.460 e. The van der Waals surface area contributed by atoms with Gasteiger partial charge in [-0.25, -0.2) is 4.79 Å². The molecule has 98 valence electrons. The quantitative estimate of drug-likeness (QED) is 0.495. The zero-order valence-electron chi connectivity index (χ0n) is 10.9. The van der Waals surface area contributed by atoms with E-state index in [9.17, 15) is 9.90 Å². The highest BCUT2D eigenvalue weighted by Crippen LogP contribution is 2.22. The van der Waals surface area contributed by atoms with Crippen LogP contribution in [0.2, 0.25) is 0 Å². The predicted molar refractivity (Wildman–Crippen MR) is 68.0 cm³/mol. The monoisotopic (exact) mass is 250 g/mol. The van der Waals surface area contributed by atoms with E-state index in [0.29, 0.717) is 17.9 Å². The van der Waals surface area contributed by atoms with E-state index < -0.39 is 5.97 Å². The van der Waals surface area contributed by atoms with Gasteiger partial charge in [0.1, 0.15) is 5.75 Å². The lowest BCUT2D eigenvalue weighted by molar-refractivity contribution is -0.141. The predicted octanol–water partition coefficient (Wildman–Crippen LogP) is 2.41. The molecular weight excluding hydrogens is 232 g/mol. The summed E-state index contributed by atoms with van der Waals surface area (Å²) in [6.45, 7) is 5.43. The molecule has 0 spiro atoms. The zero-order valence-corrected chi connectivity index (χ0v) is 10.9. The summed E-state index contributed by atoms with van der Waals surface area (Å²) in [4.78, 5) is 11.7. The van der Waals surface area contributed by atoms with Crippen molar-refractivity contribution in [3.8, 4) is 5.75 Å². The molecule has 0 heterocycles. The summed E-state index contributed by atoms with van der Waals surface area (Å²) in [5, 5.41) is 9.20. The SMILES string of the molecule is CCOC(=O)C(Oc1ccccc1CO)=C(C)C.